The van der Waals surface area contributed by atoms with Gasteiger partial charge in [-0.3, -0.25) is 4.79 Å². The molecule has 1 unspecified atom stereocenters. The molecule has 0 spiro atoms. The monoisotopic (exact) mass is 622 g/mol. The van der Waals surface area contributed by atoms with Crippen molar-refractivity contribution >= 4 is 23.3 Å². The Bertz CT molecular complexity index is 1520. The molecule has 12 heteroatoms. The average molecular weight is 623 g/mol. The predicted octanol–water partition coefficient (Wildman–Crippen LogP) is 5.54. The maximum Gasteiger partial charge on any atom is 0.320 e. The first-order chi connectivity index (χ1) is 21.7. The van der Waals surface area contributed by atoms with E-state index in [1.807, 2.05) is 39.0 Å². The molecule has 2 saturated heterocycles. The lowest BCUT2D eigenvalue weighted by Gasteiger charge is -2.33. The number of benzene rings is 2. The number of carbonyl (C=O) groups excluding carboxylic acids is 2. The zero-order chi connectivity index (χ0) is 32.1. The van der Waals surface area contributed by atoms with Crippen LogP contribution < -0.4 is 15.2 Å². The maximum absolute atomic E-state index is 16.1. The molecule has 2 fully saturated rings. The van der Waals surface area contributed by atoms with Crippen LogP contribution in [0.2, 0.25) is 0 Å². The van der Waals surface area contributed by atoms with Crippen molar-refractivity contribution in [3.63, 3.8) is 0 Å². The number of morpholine rings is 1. The van der Waals surface area contributed by atoms with Gasteiger partial charge in [0.05, 0.1) is 32.6 Å². The third kappa shape index (κ3) is 7.23. The topological polar surface area (TPSA) is 101 Å². The van der Waals surface area contributed by atoms with Crippen LogP contribution in [0.15, 0.2) is 36.5 Å². The first-order valence-corrected chi connectivity index (χ1v) is 15.4. The molecule has 11 nitrogen and oxygen atoms in total. The van der Waals surface area contributed by atoms with E-state index in [4.69, 9.17) is 14.2 Å². The summed E-state index contributed by atoms with van der Waals surface area (Å²) in [6.07, 6.45) is 3.95. The summed E-state index contributed by atoms with van der Waals surface area (Å²) in [7, 11) is 3.29. The lowest BCUT2D eigenvalue weighted by Crippen LogP contribution is -2.47. The fourth-order valence-electron chi connectivity index (χ4n) is 5.70. The molecular weight excluding hydrogens is 579 g/mol. The molecule has 3 heterocycles. The zero-order valence-electron chi connectivity index (χ0n) is 26.8. The summed E-state index contributed by atoms with van der Waals surface area (Å²) >= 11 is 0. The van der Waals surface area contributed by atoms with E-state index < -0.39 is 5.91 Å². The fraction of sp³-hybridized carbons (Fsp3) is 0.485. The lowest BCUT2D eigenvalue weighted by atomic mass is 10.1. The normalized spacial score (nSPS) is 16.8. The standard InChI is InChI=1S/C33H43FN6O5/c1-22-17-28(35-4)29(18-23(22)2)40(34)32(41)31-26(21-39(36-31)30-8-6-7-13-45-30)20-38(33(42)37-11-14-44-15-12-37)19-25-9-10-27(43-5)16-24(25)3/h9-10,16-18,21,30,35H,6-8,11-15,19-20H2,1-5H3. The summed E-state index contributed by atoms with van der Waals surface area (Å²) in [5.41, 5.74) is 4.63. The quantitative estimate of drug-likeness (QED) is 0.313. The van der Waals surface area contributed by atoms with Gasteiger partial charge in [0, 0.05) is 45.0 Å². The van der Waals surface area contributed by atoms with Crippen LogP contribution in [0.4, 0.5) is 20.7 Å². The number of methoxy groups -OCH3 is 1. The number of urea groups is 1. The number of aryl methyl sites for hydroxylation is 3. The van der Waals surface area contributed by atoms with Gasteiger partial charge in [-0.1, -0.05) is 10.5 Å². The van der Waals surface area contributed by atoms with E-state index in [-0.39, 0.29) is 41.9 Å². The minimum absolute atomic E-state index is 0.0368. The first kappa shape index (κ1) is 32.2. The third-order valence-electron chi connectivity index (χ3n) is 8.56. The molecule has 0 aliphatic carbocycles. The van der Waals surface area contributed by atoms with Crippen LogP contribution in [-0.2, 0) is 22.6 Å². The minimum Gasteiger partial charge on any atom is -0.497 e. The molecule has 242 valence electrons. The van der Waals surface area contributed by atoms with Crippen molar-refractivity contribution in [1.29, 1.82) is 0 Å². The molecule has 1 aromatic heterocycles. The van der Waals surface area contributed by atoms with E-state index in [2.05, 4.69) is 10.4 Å². The number of carbonyl (C=O) groups is 2. The van der Waals surface area contributed by atoms with Crippen molar-refractivity contribution in [1.82, 2.24) is 19.6 Å². The van der Waals surface area contributed by atoms with E-state index in [1.54, 1.807) is 47.0 Å². The molecule has 2 aromatic carbocycles. The van der Waals surface area contributed by atoms with Crippen LogP contribution in [0.25, 0.3) is 0 Å². The highest BCUT2D eigenvalue weighted by atomic mass is 19.2. The highest BCUT2D eigenvalue weighted by molar-refractivity contribution is 6.06. The van der Waals surface area contributed by atoms with Crippen molar-refractivity contribution in [2.45, 2.75) is 59.4 Å². The van der Waals surface area contributed by atoms with Gasteiger partial charge >= 0.3 is 11.9 Å². The predicted molar refractivity (Wildman–Crippen MR) is 169 cm³/mol. The van der Waals surface area contributed by atoms with E-state index >= 15 is 4.48 Å². The van der Waals surface area contributed by atoms with Crippen molar-refractivity contribution < 1.29 is 28.3 Å². The van der Waals surface area contributed by atoms with Gasteiger partial charge < -0.3 is 29.3 Å². The molecule has 2 aliphatic heterocycles. The maximum atomic E-state index is 16.1. The molecule has 1 N–H and O–H groups in total. The van der Waals surface area contributed by atoms with Crippen molar-refractivity contribution in [2.75, 3.05) is 57.5 Å². The Kier molecular flexibility index (Phi) is 10.2. The molecular formula is C33H43FN6O5. The van der Waals surface area contributed by atoms with Crippen LogP contribution >= 0.6 is 0 Å². The SMILES string of the molecule is CNc1cc(C)c(C)cc1N(F)C(=O)c1nn(C2CCCCO2)cc1CN(Cc1ccc(OC)cc1C)C(=O)N1CCOCC1. The Morgan fingerprint density at radius 1 is 1.02 bits per heavy atom. The van der Waals surface area contributed by atoms with Gasteiger partial charge in [-0.2, -0.15) is 5.10 Å². The average Bonchev–Trinajstić information content (AvgIpc) is 3.49. The Hall–Kier alpha value is -4.16. The molecule has 1 atom stereocenters. The second kappa shape index (κ2) is 14.3. The highest BCUT2D eigenvalue weighted by Crippen LogP contribution is 2.32. The Morgan fingerprint density at radius 2 is 1.76 bits per heavy atom. The smallest absolute Gasteiger partial charge is 0.320 e. The fourth-order valence-corrected chi connectivity index (χ4v) is 5.70. The number of hydrogen-bond acceptors (Lipinski definition) is 7. The first-order valence-electron chi connectivity index (χ1n) is 15.4. The van der Waals surface area contributed by atoms with E-state index in [9.17, 15) is 9.59 Å². The summed E-state index contributed by atoms with van der Waals surface area (Å²) in [4.78, 5) is 31.3. The van der Waals surface area contributed by atoms with Crippen molar-refractivity contribution in [2.24, 2.45) is 0 Å². The molecule has 45 heavy (non-hydrogen) atoms. The van der Waals surface area contributed by atoms with Gasteiger partial charge in [0.1, 0.15) is 17.7 Å². The number of hydrogen-bond donors (Lipinski definition) is 1. The van der Waals surface area contributed by atoms with Crippen LogP contribution in [0.5, 0.6) is 5.75 Å². The van der Waals surface area contributed by atoms with E-state index in [0.717, 1.165) is 47.3 Å². The van der Waals surface area contributed by atoms with Crippen LogP contribution in [0.3, 0.4) is 0 Å². The Morgan fingerprint density at radius 3 is 2.42 bits per heavy atom. The number of ether oxygens (including phenoxy) is 3. The lowest BCUT2D eigenvalue weighted by molar-refractivity contribution is -0.0396. The van der Waals surface area contributed by atoms with Crippen LogP contribution in [-0.4, -0.2) is 78.6 Å². The van der Waals surface area contributed by atoms with E-state index in [1.165, 1.54) is 0 Å². The highest BCUT2D eigenvalue weighted by Gasteiger charge is 2.31. The molecule has 3 amide bonds. The number of halogens is 1. The summed E-state index contributed by atoms with van der Waals surface area (Å²) in [6, 6.07) is 8.96. The van der Waals surface area contributed by atoms with Gasteiger partial charge in [-0.25, -0.2) is 9.48 Å². The van der Waals surface area contributed by atoms with Crippen molar-refractivity contribution in [3.8, 4) is 5.75 Å². The summed E-state index contributed by atoms with van der Waals surface area (Å²) in [5, 5.41) is 7.73. The second-order valence-corrected chi connectivity index (χ2v) is 11.6. The van der Waals surface area contributed by atoms with Gasteiger partial charge in [0.15, 0.2) is 5.69 Å². The zero-order valence-corrected chi connectivity index (χ0v) is 26.8. The van der Waals surface area contributed by atoms with Crippen molar-refractivity contribution in [3.05, 3.63) is 70.0 Å². The van der Waals surface area contributed by atoms with Crippen LogP contribution in [0.1, 0.15) is 63.8 Å². The number of aromatic nitrogens is 2. The Labute approximate surface area is 263 Å². The summed E-state index contributed by atoms with van der Waals surface area (Å²) in [5.74, 6) is -0.196. The Balaban J connectivity index is 1.53. The number of rotatable bonds is 9. The summed E-state index contributed by atoms with van der Waals surface area (Å²) < 4.78 is 34.5. The number of nitrogens with zero attached hydrogens (tertiary/aromatic N) is 5. The minimum atomic E-state index is -0.918. The third-order valence-corrected chi connectivity index (χ3v) is 8.56. The number of anilines is 2. The molecule has 5 rings (SSSR count). The molecule has 3 aromatic rings. The second-order valence-electron chi connectivity index (χ2n) is 11.6. The molecule has 0 saturated carbocycles. The molecule has 0 bridgehead atoms. The number of amides is 3. The van der Waals surface area contributed by atoms with Gasteiger partial charge in [0.25, 0.3) is 0 Å². The van der Waals surface area contributed by atoms with Gasteiger partial charge in [-0.15, -0.1) is 5.12 Å². The molecule has 2 aliphatic rings. The largest absolute Gasteiger partial charge is 0.497 e. The molecule has 0 radical (unpaired) electrons. The number of nitrogens with one attached hydrogen (secondary N) is 1. The van der Waals surface area contributed by atoms with Gasteiger partial charge in [0.2, 0.25) is 0 Å². The van der Waals surface area contributed by atoms with Crippen LogP contribution in [0, 0.1) is 20.8 Å². The van der Waals surface area contributed by atoms with Gasteiger partial charge in [-0.05, 0) is 86.6 Å². The summed E-state index contributed by atoms with van der Waals surface area (Å²) in [6.45, 7) is 8.44. The van der Waals surface area contributed by atoms with E-state index in [0.29, 0.717) is 44.2 Å².